The van der Waals surface area contributed by atoms with Crippen LogP contribution >= 0.6 is 11.3 Å². The van der Waals surface area contributed by atoms with Crippen LogP contribution in [-0.2, 0) is 13.0 Å². The number of hydrogen-bond acceptors (Lipinski definition) is 5. The Bertz CT molecular complexity index is 882. The number of halogens is 1. The van der Waals surface area contributed by atoms with E-state index < -0.39 is 0 Å². The Morgan fingerprint density at radius 1 is 1.30 bits per heavy atom. The van der Waals surface area contributed by atoms with Crippen LogP contribution in [0.4, 0.5) is 9.52 Å². The molecule has 0 saturated carbocycles. The number of fused-ring (bicyclic) bond motifs is 3. The second-order valence-electron chi connectivity index (χ2n) is 7.75. The van der Waals surface area contributed by atoms with Crippen LogP contribution in [0.25, 0.3) is 0 Å². The molecule has 2 aromatic rings. The fraction of sp³-hybridized carbons (Fsp3) is 0.500. The van der Waals surface area contributed by atoms with E-state index in [-0.39, 0.29) is 11.7 Å². The van der Waals surface area contributed by atoms with Crippen molar-refractivity contribution in [3.63, 3.8) is 0 Å². The normalized spacial score (nSPS) is 24.2. The number of carbonyl (C=O) groups excluding carboxylic acids is 1. The lowest BCUT2D eigenvalue weighted by molar-refractivity contribution is 0.0735. The van der Waals surface area contributed by atoms with Gasteiger partial charge in [0.05, 0.1) is 12.2 Å². The van der Waals surface area contributed by atoms with Gasteiger partial charge in [0, 0.05) is 48.6 Å². The topological polar surface area (TPSA) is 48.5 Å². The molecule has 5 nitrogen and oxygen atoms in total. The monoisotopic (exact) mass is 386 g/mol. The molecule has 0 aliphatic carbocycles. The van der Waals surface area contributed by atoms with Gasteiger partial charge in [-0.05, 0) is 43.5 Å². The molecule has 2 atom stereocenters. The number of hydrogen-bond donors (Lipinski definition) is 1. The summed E-state index contributed by atoms with van der Waals surface area (Å²) < 4.78 is 13.4. The maximum atomic E-state index is 13.4. The van der Waals surface area contributed by atoms with Crippen molar-refractivity contribution in [3.8, 4) is 0 Å². The number of amides is 1. The summed E-state index contributed by atoms with van der Waals surface area (Å²) in [5.74, 6) is -0.321. The predicted molar refractivity (Wildman–Crippen MR) is 104 cm³/mol. The van der Waals surface area contributed by atoms with Gasteiger partial charge in [-0.3, -0.25) is 4.79 Å². The lowest BCUT2D eigenvalue weighted by atomic mass is 10.1. The van der Waals surface area contributed by atoms with Gasteiger partial charge in [0.15, 0.2) is 5.13 Å². The number of benzene rings is 1. The van der Waals surface area contributed by atoms with Crippen LogP contribution in [0, 0.1) is 12.7 Å². The van der Waals surface area contributed by atoms with Crippen LogP contribution in [-0.4, -0.2) is 47.5 Å². The van der Waals surface area contributed by atoms with Gasteiger partial charge in [-0.1, -0.05) is 11.3 Å². The molecule has 7 heteroatoms. The summed E-state index contributed by atoms with van der Waals surface area (Å²) in [6, 6.07) is 5.49. The molecule has 0 spiro atoms. The fourth-order valence-electron chi connectivity index (χ4n) is 4.59. The molecule has 5 rings (SSSR count). The zero-order valence-electron chi connectivity index (χ0n) is 15.4. The van der Waals surface area contributed by atoms with Crippen molar-refractivity contribution in [2.45, 2.75) is 44.8 Å². The maximum absolute atomic E-state index is 13.4. The predicted octanol–water partition coefficient (Wildman–Crippen LogP) is 2.73. The average molecular weight is 386 g/mol. The molecule has 1 aromatic carbocycles. The number of thiazole rings is 1. The quantitative estimate of drug-likeness (QED) is 0.862. The standard InChI is InChI=1S/C20H23FN4OS/c1-12-8-13(21)2-5-16(12)19(26)24-7-6-17-18(11-24)27-20(23-17)25-14-3-4-15(25)10-22-9-14/h2,5,8,14-15,22H,3-4,6-7,9-11H2,1H3. The van der Waals surface area contributed by atoms with E-state index in [9.17, 15) is 9.18 Å². The van der Waals surface area contributed by atoms with E-state index in [2.05, 4.69) is 10.2 Å². The highest BCUT2D eigenvalue weighted by atomic mass is 32.1. The summed E-state index contributed by atoms with van der Waals surface area (Å²) in [5, 5.41) is 4.64. The van der Waals surface area contributed by atoms with E-state index in [1.807, 2.05) is 4.90 Å². The first-order valence-corrected chi connectivity index (χ1v) is 10.4. The minimum Gasteiger partial charge on any atom is -0.340 e. The van der Waals surface area contributed by atoms with E-state index in [0.29, 0.717) is 36.3 Å². The molecule has 3 aliphatic heterocycles. The Balaban J connectivity index is 1.37. The van der Waals surface area contributed by atoms with Crippen molar-refractivity contribution < 1.29 is 9.18 Å². The smallest absolute Gasteiger partial charge is 0.254 e. The van der Waals surface area contributed by atoms with Crippen molar-refractivity contribution in [1.29, 1.82) is 0 Å². The third-order valence-electron chi connectivity index (χ3n) is 6.03. The van der Waals surface area contributed by atoms with Gasteiger partial charge in [-0.2, -0.15) is 0 Å². The van der Waals surface area contributed by atoms with Crippen molar-refractivity contribution in [3.05, 3.63) is 45.7 Å². The number of nitrogens with one attached hydrogen (secondary N) is 1. The molecule has 1 N–H and O–H groups in total. The van der Waals surface area contributed by atoms with E-state index in [1.54, 1.807) is 24.3 Å². The largest absolute Gasteiger partial charge is 0.340 e. The average Bonchev–Trinajstić information content (AvgIpc) is 3.17. The van der Waals surface area contributed by atoms with Crippen LogP contribution in [0.15, 0.2) is 18.2 Å². The third kappa shape index (κ3) is 2.93. The zero-order chi connectivity index (χ0) is 18.5. The van der Waals surface area contributed by atoms with E-state index in [1.165, 1.54) is 29.9 Å². The summed E-state index contributed by atoms with van der Waals surface area (Å²) in [5.41, 5.74) is 2.42. The first-order valence-electron chi connectivity index (χ1n) is 9.63. The summed E-state index contributed by atoms with van der Waals surface area (Å²) in [4.78, 5) is 23.5. The van der Waals surface area contributed by atoms with Crippen LogP contribution in [0.5, 0.6) is 0 Å². The molecule has 2 fully saturated rings. The van der Waals surface area contributed by atoms with Gasteiger partial charge in [0.2, 0.25) is 0 Å². The molecule has 2 bridgehead atoms. The van der Waals surface area contributed by atoms with Crippen LogP contribution < -0.4 is 10.2 Å². The van der Waals surface area contributed by atoms with Crippen molar-refractivity contribution in [2.75, 3.05) is 24.5 Å². The maximum Gasteiger partial charge on any atom is 0.254 e. The molecule has 142 valence electrons. The molecule has 2 saturated heterocycles. The minimum atomic E-state index is -0.303. The number of nitrogens with zero attached hydrogens (tertiary/aromatic N) is 3. The number of anilines is 1. The summed E-state index contributed by atoms with van der Waals surface area (Å²) in [6.07, 6.45) is 3.26. The van der Waals surface area contributed by atoms with Crippen LogP contribution in [0.1, 0.15) is 39.3 Å². The van der Waals surface area contributed by atoms with Crippen molar-refractivity contribution in [2.24, 2.45) is 0 Å². The SMILES string of the molecule is Cc1cc(F)ccc1C(=O)N1CCc2nc(N3C4CCC3CNC4)sc2C1. The second kappa shape index (κ2) is 6.56. The molecular formula is C20H23FN4OS. The Hall–Kier alpha value is -1.99. The first-order chi connectivity index (χ1) is 13.1. The minimum absolute atomic E-state index is 0.0182. The fourth-order valence-corrected chi connectivity index (χ4v) is 5.86. The molecule has 3 aliphatic rings. The molecule has 1 amide bonds. The first kappa shape index (κ1) is 17.1. The van der Waals surface area contributed by atoms with Gasteiger partial charge < -0.3 is 15.1 Å². The Labute approximate surface area is 162 Å². The van der Waals surface area contributed by atoms with Gasteiger partial charge in [0.25, 0.3) is 5.91 Å². The summed E-state index contributed by atoms with van der Waals surface area (Å²) >= 11 is 1.75. The molecular weight excluding hydrogens is 363 g/mol. The zero-order valence-corrected chi connectivity index (χ0v) is 16.2. The Morgan fingerprint density at radius 2 is 2.07 bits per heavy atom. The van der Waals surface area contributed by atoms with Gasteiger partial charge >= 0.3 is 0 Å². The molecule has 0 radical (unpaired) electrons. The van der Waals surface area contributed by atoms with Gasteiger partial charge in [-0.15, -0.1) is 0 Å². The van der Waals surface area contributed by atoms with Crippen LogP contribution in [0.3, 0.4) is 0 Å². The molecule has 1 aromatic heterocycles. The summed E-state index contributed by atoms with van der Waals surface area (Å²) in [6.45, 7) is 5.13. The number of aromatic nitrogens is 1. The highest BCUT2D eigenvalue weighted by Gasteiger charge is 2.39. The van der Waals surface area contributed by atoms with Crippen molar-refractivity contribution in [1.82, 2.24) is 15.2 Å². The van der Waals surface area contributed by atoms with Crippen molar-refractivity contribution >= 4 is 22.4 Å². The lowest BCUT2D eigenvalue weighted by Crippen LogP contribution is -2.51. The number of rotatable bonds is 2. The number of aryl methyl sites for hydroxylation is 1. The summed E-state index contributed by atoms with van der Waals surface area (Å²) in [7, 11) is 0. The Kier molecular flexibility index (Phi) is 4.16. The van der Waals surface area contributed by atoms with E-state index in [0.717, 1.165) is 30.3 Å². The van der Waals surface area contributed by atoms with E-state index >= 15 is 0 Å². The number of piperazine rings is 1. The van der Waals surface area contributed by atoms with Gasteiger partial charge in [-0.25, -0.2) is 9.37 Å². The lowest BCUT2D eigenvalue weighted by Gasteiger charge is -2.35. The molecule has 4 heterocycles. The van der Waals surface area contributed by atoms with Crippen LogP contribution in [0.2, 0.25) is 0 Å². The molecule has 2 unspecified atom stereocenters. The number of carbonyl (C=O) groups is 1. The highest BCUT2D eigenvalue weighted by molar-refractivity contribution is 7.15. The Morgan fingerprint density at radius 3 is 2.81 bits per heavy atom. The van der Waals surface area contributed by atoms with E-state index in [4.69, 9.17) is 4.98 Å². The molecule has 27 heavy (non-hydrogen) atoms. The third-order valence-corrected chi connectivity index (χ3v) is 7.12. The van der Waals surface area contributed by atoms with Gasteiger partial charge in [0.1, 0.15) is 5.82 Å². The second-order valence-corrected chi connectivity index (χ2v) is 8.81. The highest BCUT2D eigenvalue weighted by Crippen LogP contribution is 2.38.